The highest BCUT2D eigenvalue weighted by Crippen LogP contribution is 2.31. The fourth-order valence-electron chi connectivity index (χ4n) is 2.48. The Kier molecular flexibility index (Phi) is 3.26. The molecule has 0 bridgehead atoms. The standard InChI is InChI=1S/C11H20N2O2/c1-9(15)12-5-4-11(8-12)13(6-7-14)10-2-3-10/h10-11,14H,2-8H2,1H3/t11-/m1/s1. The maximum absolute atomic E-state index is 11.2. The average Bonchev–Trinajstić information content (AvgIpc) is 2.91. The number of aliphatic hydroxyl groups is 1. The Hall–Kier alpha value is -0.610. The zero-order valence-electron chi connectivity index (χ0n) is 9.35. The number of hydrogen-bond donors (Lipinski definition) is 1. The lowest BCUT2D eigenvalue weighted by molar-refractivity contribution is -0.128. The molecule has 1 atom stereocenters. The van der Waals surface area contributed by atoms with Crippen molar-refractivity contribution in [1.29, 1.82) is 0 Å². The molecule has 1 aliphatic carbocycles. The molecular formula is C11H20N2O2. The number of amides is 1. The second-order valence-electron chi connectivity index (χ2n) is 4.60. The van der Waals surface area contributed by atoms with Gasteiger partial charge in [-0.1, -0.05) is 0 Å². The van der Waals surface area contributed by atoms with Gasteiger partial charge in [0.25, 0.3) is 0 Å². The number of carbonyl (C=O) groups excluding carboxylic acids is 1. The monoisotopic (exact) mass is 212 g/mol. The Labute approximate surface area is 90.9 Å². The first kappa shape index (κ1) is 10.9. The SMILES string of the molecule is CC(=O)N1CC[C@@H](N(CCO)C2CC2)C1. The maximum Gasteiger partial charge on any atom is 0.219 e. The van der Waals surface area contributed by atoms with Crippen molar-refractivity contribution in [3.8, 4) is 0 Å². The summed E-state index contributed by atoms with van der Waals surface area (Å²) in [4.78, 5) is 15.5. The molecule has 1 saturated heterocycles. The summed E-state index contributed by atoms with van der Waals surface area (Å²) in [6, 6.07) is 1.16. The van der Waals surface area contributed by atoms with Gasteiger partial charge in [0.15, 0.2) is 0 Å². The average molecular weight is 212 g/mol. The number of rotatable bonds is 4. The first-order valence-electron chi connectivity index (χ1n) is 5.84. The molecule has 2 aliphatic rings. The van der Waals surface area contributed by atoms with Gasteiger partial charge in [0, 0.05) is 38.6 Å². The summed E-state index contributed by atoms with van der Waals surface area (Å²) in [5.74, 6) is 0.178. The highest BCUT2D eigenvalue weighted by atomic mass is 16.3. The molecule has 0 aromatic carbocycles. The fraction of sp³-hybridized carbons (Fsp3) is 0.909. The fourth-order valence-corrected chi connectivity index (χ4v) is 2.48. The summed E-state index contributed by atoms with van der Waals surface area (Å²) >= 11 is 0. The lowest BCUT2D eigenvalue weighted by atomic mass is 10.2. The third kappa shape index (κ3) is 2.49. The van der Waals surface area contributed by atoms with E-state index < -0.39 is 0 Å². The van der Waals surface area contributed by atoms with E-state index in [2.05, 4.69) is 4.90 Å². The van der Waals surface area contributed by atoms with Crippen LogP contribution in [0.3, 0.4) is 0 Å². The van der Waals surface area contributed by atoms with Crippen LogP contribution in [0.2, 0.25) is 0 Å². The summed E-state index contributed by atoms with van der Waals surface area (Å²) < 4.78 is 0. The normalized spacial score (nSPS) is 26.3. The first-order valence-corrected chi connectivity index (χ1v) is 5.84. The molecule has 4 heteroatoms. The molecule has 0 spiro atoms. The van der Waals surface area contributed by atoms with E-state index in [-0.39, 0.29) is 12.5 Å². The van der Waals surface area contributed by atoms with Gasteiger partial charge in [-0.15, -0.1) is 0 Å². The maximum atomic E-state index is 11.2. The van der Waals surface area contributed by atoms with E-state index in [9.17, 15) is 4.79 Å². The van der Waals surface area contributed by atoms with Crippen LogP contribution in [0.4, 0.5) is 0 Å². The Bertz CT molecular complexity index is 241. The van der Waals surface area contributed by atoms with Gasteiger partial charge >= 0.3 is 0 Å². The summed E-state index contributed by atoms with van der Waals surface area (Å²) in [6.07, 6.45) is 3.59. The van der Waals surface area contributed by atoms with Gasteiger partial charge in [-0.2, -0.15) is 0 Å². The van der Waals surface area contributed by atoms with Crippen molar-refractivity contribution < 1.29 is 9.90 Å². The zero-order chi connectivity index (χ0) is 10.8. The Balaban J connectivity index is 1.89. The van der Waals surface area contributed by atoms with Crippen LogP contribution >= 0.6 is 0 Å². The van der Waals surface area contributed by atoms with Crippen molar-refractivity contribution in [2.75, 3.05) is 26.2 Å². The largest absolute Gasteiger partial charge is 0.395 e. The molecule has 4 nitrogen and oxygen atoms in total. The summed E-state index contributed by atoms with van der Waals surface area (Å²) in [5.41, 5.74) is 0. The topological polar surface area (TPSA) is 43.8 Å². The van der Waals surface area contributed by atoms with Crippen molar-refractivity contribution in [3.05, 3.63) is 0 Å². The number of likely N-dealkylation sites (tertiary alicyclic amines) is 1. The highest BCUT2D eigenvalue weighted by Gasteiger charge is 2.37. The van der Waals surface area contributed by atoms with Crippen LogP contribution < -0.4 is 0 Å². The minimum atomic E-state index is 0.178. The van der Waals surface area contributed by atoms with E-state index in [1.807, 2.05) is 4.90 Å². The second kappa shape index (κ2) is 4.49. The lowest BCUT2D eigenvalue weighted by Crippen LogP contribution is -2.41. The van der Waals surface area contributed by atoms with Gasteiger partial charge in [-0.3, -0.25) is 9.69 Å². The Morgan fingerprint density at radius 3 is 2.60 bits per heavy atom. The first-order chi connectivity index (χ1) is 7.22. The molecule has 1 amide bonds. The smallest absolute Gasteiger partial charge is 0.219 e. The van der Waals surface area contributed by atoms with E-state index in [0.717, 1.165) is 26.1 Å². The van der Waals surface area contributed by atoms with Gasteiger partial charge in [0.2, 0.25) is 5.91 Å². The van der Waals surface area contributed by atoms with Crippen molar-refractivity contribution in [2.45, 2.75) is 38.3 Å². The molecule has 1 heterocycles. The van der Waals surface area contributed by atoms with Gasteiger partial charge in [-0.25, -0.2) is 0 Å². The van der Waals surface area contributed by atoms with E-state index in [1.54, 1.807) is 6.92 Å². The van der Waals surface area contributed by atoms with Crippen molar-refractivity contribution in [1.82, 2.24) is 9.80 Å². The molecule has 0 aromatic rings. The van der Waals surface area contributed by atoms with E-state index >= 15 is 0 Å². The van der Waals surface area contributed by atoms with Crippen LogP contribution in [0.25, 0.3) is 0 Å². The molecule has 0 aromatic heterocycles. The van der Waals surface area contributed by atoms with Crippen molar-refractivity contribution in [3.63, 3.8) is 0 Å². The molecule has 2 rings (SSSR count). The van der Waals surface area contributed by atoms with Gasteiger partial charge < -0.3 is 10.0 Å². The van der Waals surface area contributed by atoms with Crippen LogP contribution in [-0.4, -0.2) is 59.1 Å². The molecule has 86 valence electrons. The van der Waals surface area contributed by atoms with Crippen LogP contribution in [0, 0.1) is 0 Å². The number of hydrogen-bond acceptors (Lipinski definition) is 3. The summed E-state index contributed by atoms with van der Waals surface area (Å²) in [7, 11) is 0. The van der Waals surface area contributed by atoms with Crippen LogP contribution in [0.15, 0.2) is 0 Å². The van der Waals surface area contributed by atoms with Crippen LogP contribution in [0.5, 0.6) is 0 Å². The zero-order valence-corrected chi connectivity index (χ0v) is 9.35. The quantitative estimate of drug-likeness (QED) is 0.717. The molecule has 2 fully saturated rings. The van der Waals surface area contributed by atoms with E-state index in [1.165, 1.54) is 12.8 Å². The van der Waals surface area contributed by atoms with Gasteiger partial charge in [0.05, 0.1) is 6.61 Å². The molecule has 1 N–H and O–H groups in total. The second-order valence-corrected chi connectivity index (χ2v) is 4.60. The minimum Gasteiger partial charge on any atom is -0.395 e. The predicted octanol–water partition coefficient (Wildman–Crippen LogP) is 0.0639. The van der Waals surface area contributed by atoms with Crippen molar-refractivity contribution in [2.24, 2.45) is 0 Å². The van der Waals surface area contributed by atoms with Crippen molar-refractivity contribution >= 4 is 5.91 Å². The molecule has 0 unspecified atom stereocenters. The highest BCUT2D eigenvalue weighted by molar-refractivity contribution is 5.73. The van der Waals surface area contributed by atoms with Crippen LogP contribution in [0.1, 0.15) is 26.2 Å². The van der Waals surface area contributed by atoms with Crippen LogP contribution in [-0.2, 0) is 4.79 Å². The molecule has 1 saturated carbocycles. The Morgan fingerprint density at radius 1 is 1.40 bits per heavy atom. The number of aliphatic hydroxyl groups excluding tert-OH is 1. The van der Waals surface area contributed by atoms with Gasteiger partial charge in [0.1, 0.15) is 0 Å². The third-order valence-electron chi connectivity index (χ3n) is 3.45. The molecule has 0 radical (unpaired) electrons. The minimum absolute atomic E-state index is 0.178. The van der Waals surface area contributed by atoms with E-state index in [4.69, 9.17) is 5.11 Å². The summed E-state index contributed by atoms with van der Waals surface area (Å²) in [5, 5.41) is 9.03. The summed E-state index contributed by atoms with van der Waals surface area (Å²) in [6.45, 7) is 4.37. The molecular weight excluding hydrogens is 192 g/mol. The van der Waals surface area contributed by atoms with E-state index in [0.29, 0.717) is 12.1 Å². The molecule has 15 heavy (non-hydrogen) atoms. The lowest BCUT2D eigenvalue weighted by Gasteiger charge is -2.28. The van der Waals surface area contributed by atoms with Gasteiger partial charge in [-0.05, 0) is 19.3 Å². The predicted molar refractivity (Wildman–Crippen MR) is 57.5 cm³/mol. The number of nitrogens with zero attached hydrogens (tertiary/aromatic N) is 2. The molecule has 1 aliphatic heterocycles. The third-order valence-corrected chi connectivity index (χ3v) is 3.45. The number of carbonyl (C=O) groups is 1. The Morgan fingerprint density at radius 2 is 2.13 bits per heavy atom.